The lowest BCUT2D eigenvalue weighted by Gasteiger charge is -2.23. The second kappa shape index (κ2) is 13.5. The van der Waals surface area contributed by atoms with Gasteiger partial charge in [0, 0.05) is 36.7 Å². The van der Waals surface area contributed by atoms with Crippen LogP contribution in [0.2, 0.25) is 0 Å². The number of aromatic nitrogens is 2. The number of rotatable bonds is 13. The van der Waals surface area contributed by atoms with Crippen molar-refractivity contribution in [2.24, 2.45) is 0 Å². The van der Waals surface area contributed by atoms with Crippen LogP contribution in [-0.4, -0.2) is 33.5 Å². The number of allylic oxidation sites excluding steroid dienone is 3. The number of carbonyl (C=O) groups excluding carboxylic acids is 2. The monoisotopic (exact) mass is 435 g/mol. The first-order valence-electron chi connectivity index (χ1n) is 10.4. The number of benzene rings is 1. The van der Waals surface area contributed by atoms with Crippen molar-refractivity contribution in [2.45, 2.75) is 32.1 Å². The molecule has 1 aromatic carbocycles. The minimum absolute atomic E-state index is 0.243. The van der Waals surface area contributed by atoms with E-state index in [1.807, 2.05) is 35.2 Å². The molecule has 0 bridgehead atoms. The molecule has 0 unspecified atom stereocenters. The predicted molar refractivity (Wildman–Crippen MR) is 124 cm³/mol. The lowest BCUT2D eigenvalue weighted by Crippen LogP contribution is -2.25. The van der Waals surface area contributed by atoms with Gasteiger partial charge in [0.1, 0.15) is 0 Å². The molecule has 0 atom stereocenters. The number of hydrogen-bond donors (Lipinski definition) is 3. The first kappa shape index (κ1) is 24.5. The van der Waals surface area contributed by atoms with Crippen molar-refractivity contribution < 1.29 is 14.8 Å². The van der Waals surface area contributed by atoms with Gasteiger partial charge in [-0.2, -0.15) is 0 Å². The van der Waals surface area contributed by atoms with Gasteiger partial charge in [-0.3, -0.25) is 19.7 Å². The maximum atomic E-state index is 12.4. The Labute approximate surface area is 188 Å². The van der Waals surface area contributed by atoms with Crippen LogP contribution in [0.15, 0.2) is 79.8 Å². The summed E-state index contributed by atoms with van der Waals surface area (Å²) < 4.78 is 0. The summed E-state index contributed by atoms with van der Waals surface area (Å²) in [5, 5.41) is 11.3. The highest BCUT2D eigenvalue weighted by atomic mass is 16.5. The molecule has 1 aromatic heterocycles. The van der Waals surface area contributed by atoms with Crippen LogP contribution in [0.3, 0.4) is 0 Å². The Morgan fingerprint density at radius 2 is 1.72 bits per heavy atom. The number of anilines is 2. The summed E-state index contributed by atoms with van der Waals surface area (Å²) in [6.45, 7) is 8.13. The Morgan fingerprint density at radius 3 is 2.34 bits per heavy atom. The number of unbranched alkanes of at least 4 members (excludes halogenated alkanes) is 3. The van der Waals surface area contributed by atoms with E-state index in [1.165, 1.54) is 12.4 Å². The van der Waals surface area contributed by atoms with E-state index in [1.54, 1.807) is 23.7 Å². The largest absolute Gasteiger partial charge is 0.352 e. The van der Waals surface area contributed by atoms with E-state index in [0.717, 1.165) is 30.6 Å². The standard InChI is InChI=1S/C24H29N5O3/c1-3-12-20(4-2)29(21-13-8-7-9-14-21)24-26-17-19(18-27-24)23(31)25-16-11-6-5-10-15-22(30)28-32/h3-4,7-9,12-14,17-18,32H,1-2,5-6,10-11,15-16H2,(H,25,31)(H,28,30)/b20-12+. The van der Waals surface area contributed by atoms with Gasteiger partial charge in [-0.15, -0.1) is 0 Å². The Hall–Kier alpha value is -3.78. The van der Waals surface area contributed by atoms with Crippen molar-refractivity contribution in [3.8, 4) is 0 Å². The number of carbonyl (C=O) groups is 2. The normalized spacial score (nSPS) is 10.8. The molecule has 2 amide bonds. The van der Waals surface area contributed by atoms with E-state index in [9.17, 15) is 9.59 Å². The third kappa shape index (κ3) is 7.48. The maximum absolute atomic E-state index is 12.4. The Kier molecular flexibility index (Phi) is 10.3. The van der Waals surface area contributed by atoms with Crippen molar-refractivity contribution in [1.82, 2.24) is 20.8 Å². The van der Waals surface area contributed by atoms with Gasteiger partial charge in [-0.05, 0) is 37.1 Å². The number of nitrogens with one attached hydrogen (secondary N) is 2. The minimum atomic E-state index is -0.382. The van der Waals surface area contributed by atoms with Gasteiger partial charge in [-0.25, -0.2) is 15.4 Å². The Balaban J connectivity index is 1.96. The molecule has 32 heavy (non-hydrogen) atoms. The quantitative estimate of drug-likeness (QED) is 0.190. The van der Waals surface area contributed by atoms with Gasteiger partial charge in [0.05, 0.1) is 5.56 Å². The Morgan fingerprint density at radius 1 is 1.03 bits per heavy atom. The SMILES string of the molecule is C=C/C=C(\C=C)N(c1ccccc1)c1ncc(C(=O)NCCCCCCC(=O)NO)cn1. The molecule has 0 radical (unpaired) electrons. The molecule has 0 saturated heterocycles. The average molecular weight is 436 g/mol. The average Bonchev–Trinajstić information content (AvgIpc) is 2.83. The van der Waals surface area contributed by atoms with Crippen molar-refractivity contribution >= 4 is 23.5 Å². The minimum Gasteiger partial charge on any atom is -0.352 e. The Bertz CT molecular complexity index is 926. The zero-order chi connectivity index (χ0) is 23.2. The zero-order valence-corrected chi connectivity index (χ0v) is 18.0. The van der Waals surface area contributed by atoms with E-state index in [2.05, 4.69) is 28.4 Å². The molecule has 2 rings (SSSR count). The summed E-state index contributed by atoms with van der Waals surface area (Å²) in [5.74, 6) is -0.214. The third-order valence-corrected chi connectivity index (χ3v) is 4.61. The molecule has 0 fully saturated rings. The second-order valence-electron chi connectivity index (χ2n) is 6.93. The van der Waals surface area contributed by atoms with Crippen LogP contribution in [0.25, 0.3) is 0 Å². The smallest absolute Gasteiger partial charge is 0.254 e. The first-order valence-corrected chi connectivity index (χ1v) is 10.4. The van der Waals surface area contributed by atoms with Gasteiger partial charge in [-0.1, -0.05) is 50.3 Å². The van der Waals surface area contributed by atoms with Crippen LogP contribution >= 0.6 is 0 Å². The van der Waals surface area contributed by atoms with E-state index in [0.29, 0.717) is 30.9 Å². The summed E-state index contributed by atoms with van der Waals surface area (Å²) in [4.78, 5) is 33.9. The molecule has 0 aliphatic carbocycles. The molecular weight excluding hydrogens is 406 g/mol. The number of hydroxylamine groups is 1. The number of nitrogens with zero attached hydrogens (tertiary/aromatic N) is 3. The van der Waals surface area contributed by atoms with Crippen LogP contribution in [0.1, 0.15) is 42.5 Å². The zero-order valence-electron chi connectivity index (χ0n) is 18.0. The van der Waals surface area contributed by atoms with Crippen LogP contribution in [0, 0.1) is 0 Å². The van der Waals surface area contributed by atoms with Crippen LogP contribution in [0.5, 0.6) is 0 Å². The molecule has 0 saturated carbocycles. The summed E-state index contributed by atoms with van der Waals surface area (Å²) >= 11 is 0. The van der Waals surface area contributed by atoms with Crippen LogP contribution < -0.4 is 15.7 Å². The highest BCUT2D eigenvalue weighted by molar-refractivity contribution is 5.93. The molecule has 0 aliphatic rings. The van der Waals surface area contributed by atoms with Gasteiger partial charge in [0.15, 0.2) is 0 Å². The molecular formula is C24H29N5O3. The molecule has 3 N–H and O–H groups in total. The highest BCUT2D eigenvalue weighted by Gasteiger charge is 2.16. The van der Waals surface area contributed by atoms with Crippen molar-refractivity contribution in [3.63, 3.8) is 0 Å². The number of hydrogen-bond acceptors (Lipinski definition) is 6. The van der Waals surface area contributed by atoms with Crippen LogP contribution in [0.4, 0.5) is 11.6 Å². The van der Waals surface area contributed by atoms with Crippen LogP contribution in [-0.2, 0) is 4.79 Å². The fourth-order valence-corrected chi connectivity index (χ4v) is 2.99. The number of para-hydroxylation sites is 1. The summed E-state index contributed by atoms with van der Waals surface area (Å²) in [6.07, 6.45) is 11.7. The fraction of sp³-hybridized carbons (Fsp3) is 0.250. The van der Waals surface area contributed by atoms with E-state index < -0.39 is 0 Å². The molecule has 0 aliphatic heterocycles. The fourth-order valence-electron chi connectivity index (χ4n) is 2.99. The van der Waals surface area contributed by atoms with Crippen molar-refractivity contribution in [2.75, 3.05) is 11.4 Å². The summed E-state index contributed by atoms with van der Waals surface area (Å²) in [7, 11) is 0. The van der Waals surface area contributed by atoms with Gasteiger partial charge >= 0.3 is 0 Å². The molecule has 1 heterocycles. The van der Waals surface area contributed by atoms with E-state index >= 15 is 0 Å². The molecule has 168 valence electrons. The topological polar surface area (TPSA) is 107 Å². The molecule has 0 spiro atoms. The highest BCUT2D eigenvalue weighted by Crippen LogP contribution is 2.27. The molecule has 2 aromatic rings. The second-order valence-corrected chi connectivity index (χ2v) is 6.93. The van der Waals surface area contributed by atoms with E-state index in [-0.39, 0.29) is 11.8 Å². The van der Waals surface area contributed by atoms with E-state index in [4.69, 9.17) is 5.21 Å². The predicted octanol–water partition coefficient (Wildman–Crippen LogP) is 4.06. The first-order chi connectivity index (χ1) is 15.6. The van der Waals surface area contributed by atoms with Gasteiger partial charge in [0.2, 0.25) is 11.9 Å². The lowest BCUT2D eigenvalue weighted by molar-refractivity contribution is -0.129. The van der Waals surface area contributed by atoms with Crippen molar-refractivity contribution in [1.29, 1.82) is 0 Å². The van der Waals surface area contributed by atoms with Gasteiger partial charge < -0.3 is 5.32 Å². The number of amides is 2. The lowest BCUT2D eigenvalue weighted by atomic mass is 10.1. The summed E-state index contributed by atoms with van der Waals surface area (Å²) in [5.41, 5.74) is 3.59. The molecule has 8 nitrogen and oxygen atoms in total. The van der Waals surface area contributed by atoms with Crippen molar-refractivity contribution in [3.05, 3.63) is 85.4 Å². The summed E-state index contributed by atoms with van der Waals surface area (Å²) in [6, 6.07) is 9.62. The maximum Gasteiger partial charge on any atom is 0.254 e. The van der Waals surface area contributed by atoms with Gasteiger partial charge in [0.25, 0.3) is 5.91 Å². The molecule has 8 heteroatoms. The third-order valence-electron chi connectivity index (χ3n) is 4.61.